The third-order valence-electron chi connectivity index (χ3n) is 2.30. The van der Waals surface area contributed by atoms with Crippen LogP contribution in [0.3, 0.4) is 0 Å². The second-order valence-electron chi connectivity index (χ2n) is 3.79. The second-order valence-corrected chi connectivity index (χ2v) is 4.58. The molecule has 1 rings (SSSR count). The van der Waals surface area contributed by atoms with Gasteiger partial charge >= 0.3 is 0 Å². The summed E-state index contributed by atoms with van der Waals surface area (Å²) >= 11 is 3.39. The zero-order valence-corrected chi connectivity index (χ0v) is 10.5. The van der Waals surface area contributed by atoms with Crippen LogP contribution < -0.4 is 5.32 Å². The highest BCUT2D eigenvalue weighted by molar-refractivity contribution is 9.09. The number of H-pyrrole nitrogens is 1. The molecule has 0 spiro atoms. The van der Waals surface area contributed by atoms with E-state index in [2.05, 4.69) is 45.3 Å². The Kier molecular flexibility index (Phi) is 4.81. The van der Waals surface area contributed by atoms with Crippen molar-refractivity contribution in [3.8, 4) is 0 Å². The predicted molar refractivity (Wildman–Crippen MR) is 63.1 cm³/mol. The molecule has 84 valence electrons. The molecular weight excluding hydrogens is 258 g/mol. The molecule has 0 aliphatic heterocycles. The van der Waals surface area contributed by atoms with Gasteiger partial charge < -0.3 is 5.32 Å². The summed E-state index contributed by atoms with van der Waals surface area (Å²) in [5.74, 6) is 0.363. The van der Waals surface area contributed by atoms with Gasteiger partial charge in [-0.2, -0.15) is 5.10 Å². The molecule has 1 unspecified atom stereocenters. The zero-order chi connectivity index (χ0) is 11.3. The maximum atomic E-state index is 11.7. The Labute approximate surface area is 98.0 Å². The smallest absolute Gasteiger partial charge is 0.254 e. The molecule has 1 atom stereocenters. The summed E-state index contributed by atoms with van der Waals surface area (Å²) in [6, 6.07) is 0.201. The quantitative estimate of drug-likeness (QED) is 0.806. The number of carbonyl (C=O) groups is 1. The van der Waals surface area contributed by atoms with E-state index < -0.39 is 0 Å². The molecule has 0 fully saturated rings. The van der Waals surface area contributed by atoms with Crippen molar-refractivity contribution >= 4 is 21.8 Å². The number of nitrogens with one attached hydrogen (secondary N) is 2. The molecule has 0 bridgehead atoms. The first kappa shape index (κ1) is 12.2. The van der Waals surface area contributed by atoms with E-state index in [0.29, 0.717) is 11.5 Å². The number of aromatic amines is 1. The van der Waals surface area contributed by atoms with Gasteiger partial charge in [0.25, 0.3) is 5.91 Å². The molecule has 0 radical (unpaired) electrons. The molecular formula is C10H16BrN3O. The number of alkyl halides is 1. The lowest BCUT2D eigenvalue weighted by atomic mass is 10.0. The topological polar surface area (TPSA) is 57.8 Å². The third kappa shape index (κ3) is 3.66. The normalized spacial score (nSPS) is 12.8. The Hall–Kier alpha value is -0.840. The minimum absolute atomic E-state index is 0.0663. The lowest BCUT2D eigenvalue weighted by Gasteiger charge is -2.21. The first-order valence-electron chi connectivity index (χ1n) is 5.00. The summed E-state index contributed by atoms with van der Waals surface area (Å²) < 4.78 is 0. The van der Waals surface area contributed by atoms with Crippen molar-refractivity contribution in [2.45, 2.75) is 26.3 Å². The SMILES string of the molecule is CC(C)C(CCBr)NC(=O)c1cn[nH]c1. The van der Waals surface area contributed by atoms with Crippen molar-refractivity contribution in [1.82, 2.24) is 15.5 Å². The summed E-state index contributed by atoms with van der Waals surface area (Å²) in [4.78, 5) is 11.7. The molecule has 15 heavy (non-hydrogen) atoms. The first-order chi connectivity index (χ1) is 7.15. The molecule has 1 amide bonds. The van der Waals surface area contributed by atoms with Crippen molar-refractivity contribution in [3.63, 3.8) is 0 Å². The molecule has 1 aromatic rings. The van der Waals surface area contributed by atoms with Gasteiger partial charge in [-0.25, -0.2) is 0 Å². The first-order valence-corrected chi connectivity index (χ1v) is 6.13. The Morgan fingerprint density at radius 1 is 1.67 bits per heavy atom. The van der Waals surface area contributed by atoms with Crippen LogP contribution in [0.1, 0.15) is 30.6 Å². The van der Waals surface area contributed by atoms with Crippen LogP contribution in [0.4, 0.5) is 0 Å². The minimum atomic E-state index is -0.0663. The standard InChI is InChI=1S/C10H16BrN3O/c1-7(2)9(3-4-11)14-10(15)8-5-12-13-6-8/h5-7,9H,3-4H2,1-2H3,(H,12,13)(H,14,15). The monoisotopic (exact) mass is 273 g/mol. The largest absolute Gasteiger partial charge is 0.349 e. The average molecular weight is 274 g/mol. The summed E-state index contributed by atoms with van der Waals surface area (Å²) in [7, 11) is 0. The molecule has 0 aliphatic carbocycles. The van der Waals surface area contributed by atoms with E-state index in [0.717, 1.165) is 11.8 Å². The maximum Gasteiger partial charge on any atom is 0.254 e. The summed E-state index contributed by atoms with van der Waals surface area (Å²) in [6.45, 7) is 4.20. The number of halogens is 1. The fourth-order valence-corrected chi connectivity index (χ4v) is 1.81. The van der Waals surface area contributed by atoms with Gasteiger partial charge in [-0.05, 0) is 12.3 Å². The van der Waals surface area contributed by atoms with E-state index in [4.69, 9.17) is 0 Å². The van der Waals surface area contributed by atoms with E-state index >= 15 is 0 Å². The van der Waals surface area contributed by atoms with Gasteiger partial charge in [0.1, 0.15) is 0 Å². The summed E-state index contributed by atoms with van der Waals surface area (Å²) in [5, 5.41) is 10.3. The van der Waals surface area contributed by atoms with Crippen molar-refractivity contribution in [1.29, 1.82) is 0 Å². The van der Waals surface area contributed by atoms with E-state index in [1.165, 1.54) is 6.20 Å². The molecule has 2 N–H and O–H groups in total. The number of amides is 1. The predicted octanol–water partition coefficient (Wildman–Crippen LogP) is 1.95. The van der Waals surface area contributed by atoms with Crippen molar-refractivity contribution in [3.05, 3.63) is 18.0 Å². The van der Waals surface area contributed by atoms with Crippen LogP contribution in [0.2, 0.25) is 0 Å². The van der Waals surface area contributed by atoms with Gasteiger partial charge in [0, 0.05) is 17.6 Å². The maximum absolute atomic E-state index is 11.7. The van der Waals surface area contributed by atoms with Gasteiger partial charge in [-0.3, -0.25) is 9.89 Å². The van der Waals surface area contributed by atoms with E-state index in [1.54, 1.807) is 6.20 Å². The van der Waals surface area contributed by atoms with E-state index in [9.17, 15) is 4.79 Å². The zero-order valence-electron chi connectivity index (χ0n) is 8.96. The number of nitrogens with zero attached hydrogens (tertiary/aromatic N) is 1. The number of hydrogen-bond donors (Lipinski definition) is 2. The molecule has 0 saturated carbocycles. The highest BCUT2D eigenvalue weighted by Gasteiger charge is 2.16. The number of hydrogen-bond acceptors (Lipinski definition) is 2. The molecule has 1 aromatic heterocycles. The van der Waals surface area contributed by atoms with E-state index in [1.807, 2.05) is 0 Å². The average Bonchev–Trinajstić information content (AvgIpc) is 2.69. The van der Waals surface area contributed by atoms with E-state index in [-0.39, 0.29) is 11.9 Å². The highest BCUT2D eigenvalue weighted by atomic mass is 79.9. The lowest BCUT2D eigenvalue weighted by Crippen LogP contribution is -2.38. The van der Waals surface area contributed by atoms with Crippen LogP contribution in [0.5, 0.6) is 0 Å². The molecule has 0 saturated heterocycles. The van der Waals surface area contributed by atoms with Gasteiger partial charge in [0.05, 0.1) is 11.8 Å². The van der Waals surface area contributed by atoms with Crippen LogP contribution >= 0.6 is 15.9 Å². The van der Waals surface area contributed by atoms with Crippen LogP contribution in [0, 0.1) is 5.92 Å². The van der Waals surface area contributed by atoms with Crippen molar-refractivity contribution < 1.29 is 4.79 Å². The van der Waals surface area contributed by atoms with Crippen LogP contribution in [0.15, 0.2) is 12.4 Å². The van der Waals surface area contributed by atoms with Gasteiger partial charge in [0.15, 0.2) is 0 Å². The molecule has 5 heteroatoms. The fourth-order valence-electron chi connectivity index (χ4n) is 1.32. The molecule has 0 aliphatic rings. The Morgan fingerprint density at radius 3 is 2.87 bits per heavy atom. The second kappa shape index (κ2) is 5.90. The minimum Gasteiger partial charge on any atom is -0.349 e. The summed E-state index contributed by atoms with van der Waals surface area (Å²) in [6.07, 6.45) is 4.06. The molecule has 1 heterocycles. The fraction of sp³-hybridized carbons (Fsp3) is 0.600. The molecule has 0 aromatic carbocycles. The van der Waals surface area contributed by atoms with Crippen LogP contribution in [-0.2, 0) is 0 Å². The third-order valence-corrected chi connectivity index (χ3v) is 2.76. The van der Waals surface area contributed by atoms with Gasteiger partial charge in [0.2, 0.25) is 0 Å². The Balaban J connectivity index is 2.55. The number of aromatic nitrogens is 2. The lowest BCUT2D eigenvalue weighted by molar-refractivity contribution is 0.0925. The van der Waals surface area contributed by atoms with Gasteiger partial charge in [-0.15, -0.1) is 0 Å². The van der Waals surface area contributed by atoms with Crippen LogP contribution in [0.25, 0.3) is 0 Å². The molecule has 4 nitrogen and oxygen atoms in total. The highest BCUT2D eigenvalue weighted by Crippen LogP contribution is 2.08. The number of rotatable bonds is 5. The Bertz CT molecular complexity index is 298. The van der Waals surface area contributed by atoms with Crippen molar-refractivity contribution in [2.75, 3.05) is 5.33 Å². The van der Waals surface area contributed by atoms with Crippen LogP contribution in [-0.4, -0.2) is 27.5 Å². The summed E-state index contributed by atoms with van der Waals surface area (Å²) in [5.41, 5.74) is 0.579. The Morgan fingerprint density at radius 2 is 2.40 bits per heavy atom. The number of carbonyl (C=O) groups excluding carboxylic acids is 1. The van der Waals surface area contributed by atoms with Gasteiger partial charge in [-0.1, -0.05) is 29.8 Å². The van der Waals surface area contributed by atoms with Crippen molar-refractivity contribution in [2.24, 2.45) is 5.92 Å².